The zero-order valence-corrected chi connectivity index (χ0v) is 17.3. The van der Waals surface area contributed by atoms with Gasteiger partial charge in [-0.15, -0.1) is 0 Å². The highest BCUT2D eigenvalue weighted by molar-refractivity contribution is 5.97. The highest BCUT2D eigenvalue weighted by atomic mass is 16.5. The van der Waals surface area contributed by atoms with Gasteiger partial charge in [0.1, 0.15) is 12.1 Å². The van der Waals surface area contributed by atoms with Crippen molar-refractivity contribution in [2.45, 2.75) is 0 Å². The summed E-state index contributed by atoms with van der Waals surface area (Å²) in [5.74, 6) is 0.839. The first-order valence-corrected chi connectivity index (χ1v) is 10.2. The van der Waals surface area contributed by atoms with Gasteiger partial charge in [0.2, 0.25) is 0 Å². The number of benzene rings is 4. The Labute approximate surface area is 181 Å². The number of nitrogens with zero attached hydrogens (tertiary/aromatic N) is 2. The number of rotatable bonds is 5. The van der Waals surface area contributed by atoms with Crippen LogP contribution in [0.15, 0.2) is 104 Å². The van der Waals surface area contributed by atoms with Gasteiger partial charge in [-0.2, -0.15) is 0 Å². The monoisotopic (exact) mass is 402 g/mol. The van der Waals surface area contributed by atoms with Crippen LogP contribution in [0.5, 0.6) is 5.75 Å². The predicted molar refractivity (Wildman–Crippen MR) is 129 cm³/mol. The summed E-state index contributed by atoms with van der Waals surface area (Å²) in [5.41, 5.74) is 8.74. The Bertz CT molecular complexity index is 1350. The average molecular weight is 402 g/mol. The van der Waals surface area contributed by atoms with Crippen molar-refractivity contribution in [1.82, 2.24) is 9.55 Å². The van der Waals surface area contributed by atoms with Crippen LogP contribution in [-0.4, -0.2) is 16.7 Å². The first-order valence-electron chi connectivity index (χ1n) is 10.2. The number of imidazole rings is 1. The molecule has 0 fully saturated rings. The van der Waals surface area contributed by atoms with Crippen LogP contribution in [0, 0.1) is 0 Å². The van der Waals surface area contributed by atoms with Gasteiger partial charge in [0.05, 0.1) is 18.1 Å². The molecule has 150 valence electrons. The van der Waals surface area contributed by atoms with Gasteiger partial charge >= 0.3 is 0 Å². The van der Waals surface area contributed by atoms with E-state index in [4.69, 9.17) is 9.72 Å². The van der Waals surface area contributed by atoms with Crippen molar-refractivity contribution in [1.29, 1.82) is 0 Å². The molecule has 4 aromatic carbocycles. The molecule has 0 N–H and O–H groups in total. The van der Waals surface area contributed by atoms with Gasteiger partial charge in [0.25, 0.3) is 0 Å². The smallest absolute Gasteiger partial charge is 0.118 e. The lowest BCUT2D eigenvalue weighted by Gasteiger charge is -2.11. The molecule has 5 rings (SSSR count). The van der Waals surface area contributed by atoms with E-state index in [0.717, 1.165) is 50.3 Å². The van der Waals surface area contributed by atoms with E-state index in [1.807, 2.05) is 42.7 Å². The van der Waals surface area contributed by atoms with Crippen molar-refractivity contribution < 1.29 is 4.74 Å². The van der Waals surface area contributed by atoms with Crippen molar-refractivity contribution in [2.24, 2.45) is 0 Å². The highest BCUT2D eigenvalue weighted by Gasteiger charge is 2.14. The largest absolute Gasteiger partial charge is 0.497 e. The summed E-state index contributed by atoms with van der Waals surface area (Å²) in [6, 6.07) is 31.3. The lowest BCUT2D eigenvalue weighted by molar-refractivity contribution is 0.415. The number of aromatic nitrogens is 2. The molecule has 0 aliphatic heterocycles. The minimum absolute atomic E-state index is 0.839. The first-order chi connectivity index (χ1) is 15.3. The highest BCUT2D eigenvalue weighted by Crippen LogP contribution is 2.35. The summed E-state index contributed by atoms with van der Waals surface area (Å²) in [7, 11) is 1.68. The number of hydrogen-bond donors (Lipinski definition) is 0. The molecule has 0 aliphatic rings. The normalized spacial score (nSPS) is 10.9. The molecule has 0 saturated heterocycles. The Morgan fingerprint density at radius 2 is 1.52 bits per heavy atom. The summed E-state index contributed by atoms with van der Waals surface area (Å²) in [4.78, 5) is 4.79. The Kier molecular flexibility index (Phi) is 4.85. The van der Waals surface area contributed by atoms with E-state index in [1.165, 1.54) is 0 Å². The zero-order chi connectivity index (χ0) is 21.2. The van der Waals surface area contributed by atoms with E-state index in [2.05, 4.69) is 71.8 Å². The molecule has 0 radical (unpaired) electrons. The standard InChI is InChI=1S/C28H22N2O/c1-3-20-9-11-21(12-10-20)23-17-26(22-13-15-25(31-2)16-14-22)28-27(18-23)30(19-29-28)24-7-5-4-6-8-24/h3-19H,1H2,2H3. The van der Waals surface area contributed by atoms with Gasteiger partial charge in [0.15, 0.2) is 0 Å². The van der Waals surface area contributed by atoms with Crippen molar-refractivity contribution in [3.8, 4) is 33.7 Å². The van der Waals surface area contributed by atoms with Gasteiger partial charge in [0, 0.05) is 11.3 Å². The molecular weight excluding hydrogens is 380 g/mol. The molecule has 1 heterocycles. The summed E-state index contributed by atoms with van der Waals surface area (Å²) >= 11 is 0. The Morgan fingerprint density at radius 3 is 2.19 bits per heavy atom. The van der Waals surface area contributed by atoms with Gasteiger partial charge in [-0.1, -0.05) is 67.3 Å². The van der Waals surface area contributed by atoms with Crippen LogP contribution in [0.3, 0.4) is 0 Å². The maximum Gasteiger partial charge on any atom is 0.118 e. The van der Waals surface area contributed by atoms with Crippen LogP contribution in [0.2, 0.25) is 0 Å². The van der Waals surface area contributed by atoms with Crippen LogP contribution in [0.4, 0.5) is 0 Å². The fourth-order valence-electron chi connectivity index (χ4n) is 3.88. The van der Waals surface area contributed by atoms with Gasteiger partial charge in [-0.3, -0.25) is 4.57 Å². The van der Waals surface area contributed by atoms with E-state index in [1.54, 1.807) is 7.11 Å². The SMILES string of the molecule is C=Cc1ccc(-c2cc(-c3ccc(OC)cc3)c3ncn(-c4ccccc4)c3c2)cc1. The summed E-state index contributed by atoms with van der Waals surface area (Å²) in [6.45, 7) is 3.86. The quantitative estimate of drug-likeness (QED) is 0.316. The lowest BCUT2D eigenvalue weighted by Crippen LogP contribution is -1.92. The van der Waals surface area contributed by atoms with Crippen molar-refractivity contribution in [3.63, 3.8) is 0 Å². The number of fused-ring (bicyclic) bond motifs is 1. The second-order valence-corrected chi connectivity index (χ2v) is 7.40. The van der Waals surface area contributed by atoms with E-state index in [9.17, 15) is 0 Å². The van der Waals surface area contributed by atoms with Crippen LogP contribution in [-0.2, 0) is 0 Å². The van der Waals surface area contributed by atoms with E-state index in [-0.39, 0.29) is 0 Å². The van der Waals surface area contributed by atoms with Crippen molar-refractivity contribution >= 4 is 17.1 Å². The molecule has 0 spiro atoms. The Balaban J connectivity index is 1.75. The topological polar surface area (TPSA) is 27.1 Å². The fourth-order valence-corrected chi connectivity index (χ4v) is 3.88. The maximum atomic E-state index is 5.34. The molecule has 31 heavy (non-hydrogen) atoms. The molecule has 0 atom stereocenters. The Morgan fingerprint density at radius 1 is 0.806 bits per heavy atom. The van der Waals surface area contributed by atoms with Crippen LogP contribution in [0.25, 0.3) is 45.1 Å². The molecule has 1 aromatic heterocycles. The molecule has 0 saturated carbocycles. The number of ether oxygens (including phenoxy) is 1. The second-order valence-electron chi connectivity index (χ2n) is 7.40. The lowest BCUT2D eigenvalue weighted by atomic mass is 9.96. The first kappa shape index (κ1) is 18.9. The van der Waals surface area contributed by atoms with Crippen LogP contribution >= 0.6 is 0 Å². The minimum atomic E-state index is 0.839. The molecular formula is C28H22N2O. The number of methoxy groups -OCH3 is 1. The number of para-hydroxylation sites is 1. The van der Waals surface area contributed by atoms with Crippen molar-refractivity contribution in [2.75, 3.05) is 7.11 Å². The predicted octanol–water partition coefficient (Wildman–Crippen LogP) is 7.01. The summed E-state index contributed by atoms with van der Waals surface area (Å²) < 4.78 is 7.48. The molecule has 0 amide bonds. The molecule has 0 unspecified atom stereocenters. The van der Waals surface area contributed by atoms with E-state index >= 15 is 0 Å². The van der Waals surface area contributed by atoms with E-state index in [0.29, 0.717) is 0 Å². The fraction of sp³-hybridized carbons (Fsp3) is 0.0357. The molecule has 5 aromatic rings. The molecule has 3 heteroatoms. The second kappa shape index (κ2) is 7.96. The maximum absolute atomic E-state index is 5.34. The number of hydrogen-bond acceptors (Lipinski definition) is 2. The van der Waals surface area contributed by atoms with Gasteiger partial charge in [-0.05, 0) is 58.7 Å². The van der Waals surface area contributed by atoms with E-state index < -0.39 is 0 Å². The molecule has 0 bridgehead atoms. The summed E-state index contributed by atoms with van der Waals surface area (Å²) in [6.07, 6.45) is 3.76. The van der Waals surface area contributed by atoms with Crippen LogP contribution in [0.1, 0.15) is 5.56 Å². The van der Waals surface area contributed by atoms with Gasteiger partial charge < -0.3 is 4.74 Å². The van der Waals surface area contributed by atoms with Crippen molar-refractivity contribution in [3.05, 3.63) is 109 Å². The third kappa shape index (κ3) is 3.51. The average Bonchev–Trinajstić information content (AvgIpc) is 3.28. The Hall–Kier alpha value is -4.11. The van der Waals surface area contributed by atoms with Crippen LogP contribution < -0.4 is 4.74 Å². The molecule has 0 aliphatic carbocycles. The zero-order valence-electron chi connectivity index (χ0n) is 17.3. The van der Waals surface area contributed by atoms with Gasteiger partial charge in [-0.25, -0.2) is 4.98 Å². The molecule has 3 nitrogen and oxygen atoms in total. The minimum Gasteiger partial charge on any atom is -0.497 e. The third-order valence-electron chi connectivity index (χ3n) is 5.57. The summed E-state index contributed by atoms with van der Waals surface area (Å²) in [5, 5.41) is 0. The third-order valence-corrected chi connectivity index (χ3v) is 5.57.